The molecule has 1 aromatic heterocycles. The fourth-order valence-electron chi connectivity index (χ4n) is 2.44. The number of amides is 2. The van der Waals surface area contributed by atoms with Gasteiger partial charge in [0, 0.05) is 29.7 Å². The first-order valence-electron chi connectivity index (χ1n) is 7.83. The van der Waals surface area contributed by atoms with Crippen LogP contribution in [0.3, 0.4) is 0 Å². The van der Waals surface area contributed by atoms with E-state index in [0.717, 1.165) is 0 Å². The molecule has 8 heteroatoms. The first-order valence-corrected chi connectivity index (χ1v) is 8.62. The number of ether oxygens (including phenoxy) is 1. The van der Waals surface area contributed by atoms with Gasteiger partial charge in [0.1, 0.15) is 11.3 Å². The molecular weight excluding hydrogens is 378 g/mol. The number of pyridine rings is 1. The predicted octanol–water partition coefficient (Wildman–Crippen LogP) is 2.72. The Bertz CT molecular complexity index is 673. The van der Waals surface area contributed by atoms with Gasteiger partial charge in [-0.25, -0.2) is 4.79 Å². The average molecular weight is 400 g/mol. The Balaban J connectivity index is 1.90. The van der Waals surface area contributed by atoms with Crippen LogP contribution in [0, 0.1) is 5.92 Å². The molecule has 2 amide bonds. The molecule has 1 aromatic rings. The van der Waals surface area contributed by atoms with Crippen molar-refractivity contribution < 1.29 is 14.3 Å². The molecule has 0 spiro atoms. The van der Waals surface area contributed by atoms with Crippen LogP contribution in [0.5, 0.6) is 0 Å². The second-order valence-electron chi connectivity index (χ2n) is 6.79. The molecule has 0 radical (unpaired) electrons. The lowest BCUT2D eigenvalue weighted by molar-refractivity contribution is -0.121. The Hall–Kier alpha value is -1.83. The molecular formula is C16H22BrN3O4. The zero-order valence-electron chi connectivity index (χ0n) is 14.0. The highest BCUT2D eigenvalue weighted by Gasteiger charge is 2.30. The molecule has 1 saturated heterocycles. The van der Waals surface area contributed by atoms with E-state index in [2.05, 4.69) is 26.2 Å². The molecule has 0 unspecified atom stereocenters. The van der Waals surface area contributed by atoms with Gasteiger partial charge < -0.3 is 19.9 Å². The van der Waals surface area contributed by atoms with Gasteiger partial charge in [0.05, 0.1) is 0 Å². The number of carbonyl (C=O) groups excluding carboxylic acids is 2. The number of nitrogens with zero attached hydrogens (tertiary/aromatic N) is 1. The van der Waals surface area contributed by atoms with Gasteiger partial charge in [-0.3, -0.25) is 9.59 Å². The fourth-order valence-corrected chi connectivity index (χ4v) is 2.78. The molecule has 1 fully saturated rings. The summed E-state index contributed by atoms with van der Waals surface area (Å²) in [6.07, 6.45) is 2.23. The van der Waals surface area contributed by atoms with Crippen LogP contribution in [0.15, 0.2) is 21.5 Å². The highest BCUT2D eigenvalue weighted by Crippen LogP contribution is 2.21. The van der Waals surface area contributed by atoms with Crippen molar-refractivity contribution in [2.75, 3.05) is 18.4 Å². The smallest absolute Gasteiger partial charge is 0.410 e. The minimum absolute atomic E-state index is 0.206. The van der Waals surface area contributed by atoms with Crippen molar-refractivity contribution in [2.45, 2.75) is 39.2 Å². The molecule has 1 aliphatic heterocycles. The van der Waals surface area contributed by atoms with Crippen molar-refractivity contribution in [2.24, 2.45) is 5.92 Å². The highest BCUT2D eigenvalue weighted by molar-refractivity contribution is 9.10. The highest BCUT2D eigenvalue weighted by atomic mass is 79.9. The van der Waals surface area contributed by atoms with Crippen molar-refractivity contribution in [1.82, 2.24) is 9.88 Å². The molecule has 132 valence electrons. The molecule has 0 saturated carbocycles. The lowest BCUT2D eigenvalue weighted by atomic mass is 9.96. The Morgan fingerprint density at radius 1 is 1.33 bits per heavy atom. The van der Waals surface area contributed by atoms with Crippen LogP contribution in [0.4, 0.5) is 10.5 Å². The van der Waals surface area contributed by atoms with Gasteiger partial charge in [0.2, 0.25) is 5.91 Å². The van der Waals surface area contributed by atoms with Crippen molar-refractivity contribution in [1.29, 1.82) is 0 Å². The summed E-state index contributed by atoms with van der Waals surface area (Å²) in [5.41, 5.74) is -0.672. The molecule has 2 N–H and O–H groups in total. The van der Waals surface area contributed by atoms with E-state index < -0.39 is 5.60 Å². The molecule has 0 aromatic carbocycles. The van der Waals surface area contributed by atoms with Gasteiger partial charge >= 0.3 is 6.09 Å². The first kappa shape index (κ1) is 18.5. The summed E-state index contributed by atoms with van der Waals surface area (Å²) in [5, 5.41) is 2.66. The zero-order chi connectivity index (χ0) is 17.9. The van der Waals surface area contributed by atoms with Crippen molar-refractivity contribution in [3.8, 4) is 0 Å². The van der Waals surface area contributed by atoms with E-state index in [-0.39, 0.29) is 29.2 Å². The van der Waals surface area contributed by atoms with Crippen LogP contribution in [0.25, 0.3) is 0 Å². The van der Waals surface area contributed by atoms with Crippen LogP contribution in [-0.2, 0) is 9.53 Å². The summed E-state index contributed by atoms with van der Waals surface area (Å²) < 4.78 is 6.01. The number of aromatic amines is 1. The van der Waals surface area contributed by atoms with E-state index in [9.17, 15) is 14.4 Å². The zero-order valence-corrected chi connectivity index (χ0v) is 15.6. The molecule has 2 heterocycles. The second-order valence-corrected chi connectivity index (χ2v) is 7.71. The number of rotatable bonds is 2. The van der Waals surface area contributed by atoms with Crippen LogP contribution < -0.4 is 10.9 Å². The number of hydrogen-bond acceptors (Lipinski definition) is 4. The molecule has 1 aliphatic rings. The molecule has 0 atom stereocenters. The number of hydrogen-bond donors (Lipinski definition) is 2. The predicted molar refractivity (Wildman–Crippen MR) is 93.9 cm³/mol. The maximum Gasteiger partial charge on any atom is 0.410 e. The number of anilines is 1. The van der Waals surface area contributed by atoms with Gasteiger partial charge in [0.15, 0.2) is 0 Å². The molecule has 2 rings (SSSR count). The summed E-state index contributed by atoms with van der Waals surface area (Å²) >= 11 is 3.25. The average Bonchev–Trinajstić information content (AvgIpc) is 2.49. The summed E-state index contributed by atoms with van der Waals surface area (Å²) in [7, 11) is 0. The van der Waals surface area contributed by atoms with Gasteiger partial charge in [0.25, 0.3) is 5.56 Å². The second kappa shape index (κ2) is 7.38. The third kappa shape index (κ3) is 5.09. The molecule has 24 heavy (non-hydrogen) atoms. The molecule has 0 bridgehead atoms. The monoisotopic (exact) mass is 399 g/mol. The number of H-pyrrole nitrogens is 1. The normalized spacial score (nSPS) is 15.9. The van der Waals surface area contributed by atoms with E-state index in [1.807, 2.05) is 20.8 Å². The Labute approximate surface area is 148 Å². The first-order chi connectivity index (χ1) is 11.2. The van der Waals surface area contributed by atoms with Gasteiger partial charge in [-0.2, -0.15) is 0 Å². The largest absolute Gasteiger partial charge is 0.444 e. The maximum atomic E-state index is 12.3. The van der Waals surface area contributed by atoms with Gasteiger partial charge in [-0.15, -0.1) is 0 Å². The number of piperidine rings is 1. The number of likely N-dealkylation sites (tertiary alicyclic amines) is 1. The molecule has 7 nitrogen and oxygen atoms in total. The van der Waals surface area contributed by atoms with Gasteiger partial charge in [-0.1, -0.05) is 0 Å². The van der Waals surface area contributed by atoms with E-state index in [0.29, 0.717) is 30.4 Å². The topological polar surface area (TPSA) is 91.5 Å². The van der Waals surface area contributed by atoms with Crippen molar-refractivity contribution in [3.05, 3.63) is 27.1 Å². The number of nitrogens with one attached hydrogen (secondary N) is 2. The van der Waals surface area contributed by atoms with Crippen LogP contribution in [0.2, 0.25) is 0 Å². The number of halogens is 1. The van der Waals surface area contributed by atoms with E-state index in [4.69, 9.17) is 4.74 Å². The third-order valence-corrected chi connectivity index (χ3v) is 4.10. The van der Waals surface area contributed by atoms with E-state index in [1.165, 1.54) is 6.20 Å². The SMILES string of the molecule is CC(C)(C)OC(=O)N1CCC(C(=O)Nc2cc(Br)c[nH]c2=O)CC1. The lowest BCUT2D eigenvalue weighted by Crippen LogP contribution is -2.44. The molecule has 0 aliphatic carbocycles. The van der Waals surface area contributed by atoms with Crippen LogP contribution >= 0.6 is 15.9 Å². The van der Waals surface area contributed by atoms with Crippen molar-refractivity contribution >= 4 is 33.6 Å². The van der Waals surface area contributed by atoms with Crippen LogP contribution in [-0.4, -0.2) is 40.6 Å². The fraction of sp³-hybridized carbons (Fsp3) is 0.562. The number of carbonyl (C=O) groups is 2. The standard InChI is InChI=1S/C16H22BrN3O4/c1-16(2,3)24-15(23)20-6-4-10(5-7-20)13(21)19-12-8-11(17)9-18-14(12)22/h8-10H,4-7H2,1-3H3,(H,18,22)(H,19,21). The maximum absolute atomic E-state index is 12.3. The van der Waals surface area contributed by atoms with Crippen LogP contribution in [0.1, 0.15) is 33.6 Å². The summed E-state index contributed by atoms with van der Waals surface area (Å²) in [6, 6.07) is 1.56. The summed E-state index contributed by atoms with van der Waals surface area (Å²) in [4.78, 5) is 40.2. The Morgan fingerprint density at radius 2 is 1.96 bits per heavy atom. The van der Waals surface area contributed by atoms with E-state index in [1.54, 1.807) is 11.0 Å². The quantitative estimate of drug-likeness (QED) is 0.799. The van der Waals surface area contributed by atoms with Crippen molar-refractivity contribution in [3.63, 3.8) is 0 Å². The third-order valence-electron chi connectivity index (χ3n) is 3.64. The van der Waals surface area contributed by atoms with E-state index >= 15 is 0 Å². The Kier molecular flexibility index (Phi) is 5.69. The minimum Gasteiger partial charge on any atom is -0.444 e. The lowest BCUT2D eigenvalue weighted by Gasteiger charge is -2.32. The summed E-state index contributed by atoms with van der Waals surface area (Å²) in [5.74, 6) is -0.440. The minimum atomic E-state index is -0.535. The Morgan fingerprint density at radius 3 is 2.54 bits per heavy atom. The van der Waals surface area contributed by atoms with Gasteiger partial charge in [-0.05, 0) is 55.6 Å². The summed E-state index contributed by atoms with van der Waals surface area (Å²) in [6.45, 7) is 6.38. The number of aromatic nitrogens is 1.